The van der Waals surface area contributed by atoms with E-state index >= 15 is 0 Å². The van der Waals surface area contributed by atoms with Gasteiger partial charge in [-0.1, -0.05) is 44.2 Å². The number of hydrogen-bond donors (Lipinski definition) is 1. The lowest BCUT2D eigenvalue weighted by Gasteiger charge is -2.41. The minimum Gasteiger partial charge on any atom is -0.314 e. The summed E-state index contributed by atoms with van der Waals surface area (Å²) in [5.41, 5.74) is 1.44. The van der Waals surface area contributed by atoms with Crippen molar-refractivity contribution < 1.29 is 0 Å². The maximum atomic E-state index is 3.53. The molecule has 1 fully saturated rings. The van der Waals surface area contributed by atoms with Crippen LogP contribution in [-0.2, 0) is 0 Å². The van der Waals surface area contributed by atoms with Gasteiger partial charge in [-0.05, 0) is 24.8 Å². The number of nitrogens with one attached hydrogen (secondary N) is 1. The van der Waals surface area contributed by atoms with Crippen molar-refractivity contribution in [1.29, 1.82) is 0 Å². The monoisotopic (exact) mass is 246 g/mol. The Labute approximate surface area is 111 Å². The largest absolute Gasteiger partial charge is 0.314 e. The van der Waals surface area contributed by atoms with E-state index in [1.165, 1.54) is 12.0 Å². The van der Waals surface area contributed by atoms with Crippen molar-refractivity contribution >= 4 is 0 Å². The highest BCUT2D eigenvalue weighted by Gasteiger charge is 2.27. The Kier molecular flexibility index (Phi) is 4.79. The first-order valence-electron chi connectivity index (χ1n) is 7.20. The predicted octanol–water partition coefficient (Wildman–Crippen LogP) is 3.07. The second kappa shape index (κ2) is 6.35. The standard InChI is InChI=1S/C16H26N2/c1-13(2)11-14(3)18-10-9-17-12-16(18)15-7-5-4-6-8-15/h4-8,13-14,16-17H,9-12H2,1-3H3. The molecule has 2 heteroatoms. The van der Waals surface area contributed by atoms with Crippen LogP contribution in [0, 0.1) is 5.92 Å². The highest BCUT2D eigenvalue weighted by molar-refractivity contribution is 5.20. The molecule has 0 spiro atoms. The number of hydrogen-bond acceptors (Lipinski definition) is 2. The lowest BCUT2D eigenvalue weighted by Crippen LogP contribution is -2.49. The quantitative estimate of drug-likeness (QED) is 0.878. The fourth-order valence-corrected chi connectivity index (χ4v) is 3.05. The molecule has 100 valence electrons. The van der Waals surface area contributed by atoms with Crippen molar-refractivity contribution in [3.8, 4) is 0 Å². The summed E-state index contributed by atoms with van der Waals surface area (Å²) in [6.07, 6.45) is 1.28. The van der Waals surface area contributed by atoms with Gasteiger partial charge in [0.15, 0.2) is 0 Å². The summed E-state index contributed by atoms with van der Waals surface area (Å²) in [7, 11) is 0. The van der Waals surface area contributed by atoms with E-state index in [-0.39, 0.29) is 0 Å². The molecule has 0 bridgehead atoms. The zero-order valence-electron chi connectivity index (χ0n) is 11.9. The molecule has 1 aromatic rings. The van der Waals surface area contributed by atoms with Crippen LogP contribution in [0.5, 0.6) is 0 Å². The number of piperazine rings is 1. The van der Waals surface area contributed by atoms with Crippen LogP contribution in [0.4, 0.5) is 0 Å². The highest BCUT2D eigenvalue weighted by Crippen LogP contribution is 2.26. The van der Waals surface area contributed by atoms with E-state index in [0.29, 0.717) is 12.1 Å². The Morgan fingerprint density at radius 3 is 2.61 bits per heavy atom. The van der Waals surface area contributed by atoms with Gasteiger partial charge in [0.1, 0.15) is 0 Å². The molecular weight excluding hydrogens is 220 g/mol. The summed E-state index contributed by atoms with van der Waals surface area (Å²) in [5.74, 6) is 0.770. The average molecular weight is 246 g/mol. The molecule has 2 rings (SSSR count). The normalized spacial score (nSPS) is 23.2. The van der Waals surface area contributed by atoms with E-state index in [0.717, 1.165) is 25.6 Å². The van der Waals surface area contributed by atoms with Crippen LogP contribution in [0.25, 0.3) is 0 Å². The second-order valence-corrected chi connectivity index (χ2v) is 5.85. The van der Waals surface area contributed by atoms with E-state index < -0.39 is 0 Å². The van der Waals surface area contributed by atoms with Crippen molar-refractivity contribution in [2.45, 2.75) is 39.3 Å². The van der Waals surface area contributed by atoms with Gasteiger partial charge in [0.05, 0.1) is 0 Å². The molecule has 0 amide bonds. The third kappa shape index (κ3) is 3.33. The van der Waals surface area contributed by atoms with Gasteiger partial charge in [-0.25, -0.2) is 0 Å². The van der Waals surface area contributed by atoms with Crippen molar-refractivity contribution in [3.05, 3.63) is 35.9 Å². The van der Waals surface area contributed by atoms with Crippen LogP contribution in [0.3, 0.4) is 0 Å². The third-order valence-corrected chi connectivity index (χ3v) is 3.85. The average Bonchev–Trinajstić information content (AvgIpc) is 2.39. The van der Waals surface area contributed by atoms with Gasteiger partial charge in [0, 0.05) is 31.7 Å². The number of benzene rings is 1. The minimum absolute atomic E-state index is 0.536. The molecule has 1 saturated heterocycles. The van der Waals surface area contributed by atoms with Crippen LogP contribution in [0.1, 0.15) is 38.8 Å². The van der Waals surface area contributed by atoms with Gasteiger partial charge in [0.25, 0.3) is 0 Å². The Bertz CT molecular complexity index is 347. The number of nitrogens with zero attached hydrogens (tertiary/aromatic N) is 1. The highest BCUT2D eigenvalue weighted by atomic mass is 15.2. The molecule has 1 heterocycles. The fraction of sp³-hybridized carbons (Fsp3) is 0.625. The minimum atomic E-state index is 0.536. The van der Waals surface area contributed by atoms with E-state index in [2.05, 4.69) is 61.3 Å². The van der Waals surface area contributed by atoms with Gasteiger partial charge < -0.3 is 5.32 Å². The molecule has 1 aromatic carbocycles. The first-order chi connectivity index (χ1) is 8.68. The van der Waals surface area contributed by atoms with Gasteiger partial charge in [-0.2, -0.15) is 0 Å². The lowest BCUT2D eigenvalue weighted by atomic mass is 9.97. The molecule has 0 aliphatic carbocycles. The molecule has 2 nitrogen and oxygen atoms in total. The molecular formula is C16H26N2. The predicted molar refractivity (Wildman–Crippen MR) is 77.7 cm³/mol. The van der Waals surface area contributed by atoms with Crippen molar-refractivity contribution in [3.63, 3.8) is 0 Å². The summed E-state index contributed by atoms with van der Waals surface area (Å²) in [5, 5.41) is 3.53. The maximum Gasteiger partial charge on any atom is 0.0476 e. The van der Waals surface area contributed by atoms with E-state index in [4.69, 9.17) is 0 Å². The van der Waals surface area contributed by atoms with Crippen LogP contribution in [0.2, 0.25) is 0 Å². The van der Waals surface area contributed by atoms with Crippen molar-refractivity contribution in [2.24, 2.45) is 5.92 Å². The molecule has 1 aliphatic rings. The first kappa shape index (κ1) is 13.6. The van der Waals surface area contributed by atoms with Crippen LogP contribution < -0.4 is 5.32 Å². The Hall–Kier alpha value is -0.860. The molecule has 0 radical (unpaired) electrons. The Morgan fingerprint density at radius 1 is 1.22 bits per heavy atom. The van der Waals surface area contributed by atoms with Crippen molar-refractivity contribution in [1.82, 2.24) is 10.2 Å². The van der Waals surface area contributed by atoms with Crippen LogP contribution in [-0.4, -0.2) is 30.6 Å². The van der Waals surface area contributed by atoms with Gasteiger partial charge in [-0.15, -0.1) is 0 Å². The topological polar surface area (TPSA) is 15.3 Å². The van der Waals surface area contributed by atoms with E-state index in [1.54, 1.807) is 0 Å². The van der Waals surface area contributed by atoms with E-state index in [9.17, 15) is 0 Å². The van der Waals surface area contributed by atoms with Crippen molar-refractivity contribution in [2.75, 3.05) is 19.6 Å². The molecule has 2 atom stereocenters. The summed E-state index contributed by atoms with van der Waals surface area (Å²) in [6.45, 7) is 10.4. The SMILES string of the molecule is CC(C)CC(C)N1CCNCC1c1ccccc1. The summed E-state index contributed by atoms with van der Waals surface area (Å²) in [4.78, 5) is 2.67. The molecule has 0 saturated carbocycles. The maximum absolute atomic E-state index is 3.53. The van der Waals surface area contributed by atoms with Gasteiger partial charge in [0.2, 0.25) is 0 Å². The van der Waals surface area contributed by atoms with E-state index in [1.807, 2.05) is 0 Å². The third-order valence-electron chi connectivity index (χ3n) is 3.85. The smallest absolute Gasteiger partial charge is 0.0476 e. The summed E-state index contributed by atoms with van der Waals surface area (Å²) < 4.78 is 0. The zero-order valence-corrected chi connectivity index (χ0v) is 11.9. The van der Waals surface area contributed by atoms with Crippen LogP contribution in [0.15, 0.2) is 30.3 Å². The fourth-order valence-electron chi connectivity index (χ4n) is 3.05. The number of rotatable bonds is 4. The first-order valence-corrected chi connectivity index (χ1v) is 7.20. The Morgan fingerprint density at radius 2 is 1.94 bits per heavy atom. The summed E-state index contributed by atoms with van der Waals surface area (Å²) >= 11 is 0. The van der Waals surface area contributed by atoms with Gasteiger partial charge in [-0.3, -0.25) is 4.90 Å². The molecule has 18 heavy (non-hydrogen) atoms. The summed E-state index contributed by atoms with van der Waals surface area (Å²) in [6, 6.07) is 12.1. The Balaban J connectivity index is 2.11. The second-order valence-electron chi connectivity index (χ2n) is 5.85. The zero-order chi connectivity index (χ0) is 13.0. The molecule has 1 aliphatic heterocycles. The lowest BCUT2D eigenvalue weighted by molar-refractivity contribution is 0.102. The van der Waals surface area contributed by atoms with Crippen LogP contribution >= 0.6 is 0 Å². The van der Waals surface area contributed by atoms with Gasteiger partial charge >= 0.3 is 0 Å². The molecule has 0 aromatic heterocycles. The molecule has 2 unspecified atom stereocenters. The molecule has 1 N–H and O–H groups in total.